The molecular weight excluding hydrogens is 362 g/mol. The summed E-state index contributed by atoms with van der Waals surface area (Å²) in [4.78, 5) is 28.2. The van der Waals surface area contributed by atoms with Crippen molar-refractivity contribution < 1.29 is 18.4 Å². The zero-order valence-corrected chi connectivity index (χ0v) is 16.0. The van der Waals surface area contributed by atoms with Gasteiger partial charge in [-0.1, -0.05) is 31.2 Å². The Kier molecular flexibility index (Phi) is 6.39. The lowest BCUT2D eigenvalue weighted by Gasteiger charge is -2.35. The second kappa shape index (κ2) is 8.95. The molecule has 0 atom stereocenters. The van der Waals surface area contributed by atoms with Crippen LogP contribution < -0.4 is 0 Å². The van der Waals surface area contributed by atoms with Crippen LogP contribution >= 0.6 is 0 Å². The Morgan fingerprint density at radius 2 is 1.46 bits per heavy atom. The minimum absolute atomic E-state index is 0.0690. The van der Waals surface area contributed by atoms with Gasteiger partial charge in [0.1, 0.15) is 0 Å². The molecule has 6 heteroatoms. The normalized spacial score (nSPS) is 14.2. The van der Waals surface area contributed by atoms with E-state index in [0.717, 1.165) is 24.1 Å². The van der Waals surface area contributed by atoms with Crippen LogP contribution in [0, 0.1) is 11.6 Å². The van der Waals surface area contributed by atoms with E-state index in [1.54, 1.807) is 9.80 Å². The van der Waals surface area contributed by atoms with Gasteiger partial charge in [0.25, 0.3) is 5.91 Å². The molecule has 0 unspecified atom stereocenters. The molecule has 1 fully saturated rings. The maximum atomic E-state index is 13.3. The first-order valence-electron chi connectivity index (χ1n) is 9.58. The summed E-state index contributed by atoms with van der Waals surface area (Å²) in [6.07, 6.45) is 2.12. The van der Waals surface area contributed by atoms with Gasteiger partial charge in [-0.15, -0.1) is 0 Å². The molecule has 0 aromatic heterocycles. The molecule has 0 radical (unpaired) electrons. The predicted molar refractivity (Wildman–Crippen MR) is 103 cm³/mol. The molecule has 1 aliphatic heterocycles. The van der Waals surface area contributed by atoms with Crippen LogP contribution in [0.2, 0.25) is 0 Å². The van der Waals surface area contributed by atoms with Crippen molar-refractivity contribution in [3.05, 3.63) is 70.8 Å². The van der Waals surface area contributed by atoms with Gasteiger partial charge in [0.05, 0.1) is 0 Å². The van der Waals surface area contributed by atoms with Crippen molar-refractivity contribution in [2.24, 2.45) is 0 Å². The number of aryl methyl sites for hydroxylation is 2. The lowest BCUT2D eigenvalue weighted by molar-refractivity contribution is -0.132. The third kappa shape index (κ3) is 4.74. The van der Waals surface area contributed by atoms with Gasteiger partial charge in [-0.05, 0) is 42.2 Å². The van der Waals surface area contributed by atoms with E-state index < -0.39 is 11.6 Å². The van der Waals surface area contributed by atoms with E-state index in [-0.39, 0.29) is 17.4 Å². The molecule has 28 heavy (non-hydrogen) atoms. The molecule has 148 valence electrons. The summed E-state index contributed by atoms with van der Waals surface area (Å²) in [5, 5.41) is 0. The smallest absolute Gasteiger partial charge is 0.254 e. The summed E-state index contributed by atoms with van der Waals surface area (Å²) < 4.78 is 26.4. The molecule has 3 rings (SSSR count). The quantitative estimate of drug-likeness (QED) is 0.790. The summed E-state index contributed by atoms with van der Waals surface area (Å²) in [7, 11) is 0. The van der Waals surface area contributed by atoms with Crippen molar-refractivity contribution in [3.63, 3.8) is 0 Å². The molecule has 0 aliphatic carbocycles. The first-order chi connectivity index (χ1) is 13.5. The molecule has 0 spiro atoms. The Balaban J connectivity index is 1.49. The zero-order chi connectivity index (χ0) is 20.1. The van der Waals surface area contributed by atoms with Crippen molar-refractivity contribution in [1.82, 2.24) is 9.80 Å². The molecule has 2 aromatic rings. The first-order valence-corrected chi connectivity index (χ1v) is 9.58. The highest BCUT2D eigenvalue weighted by Gasteiger charge is 2.25. The van der Waals surface area contributed by atoms with E-state index in [1.807, 2.05) is 0 Å². The van der Waals surface area contributed by atoms with Gasteiger partial charge >= 0.3 is 0 Å². The van der Waals surface area contributed by atoms with Crippen LogP contribution in [0.5, 0.6) is 0 Å². The van der Waals surface area contributed by atoms with Gasteiger partial charge in [-0.25, -0.2) is 8.78 Å². The number of carbonyl (C=O) groups excluding carboxylic acids is 2. The standard InChI is InChI=1S/C22H24F2N2O2/c1-2-16-3-5-17(6-4-16)7-10-21(27)25-11-13-26(14-12-25)22(28)18-8-9-19(23)20(24)15-18/h3-6,8-9,15H,2,7,10-14H2,1H3. The maximum absolute atomic E-state index is 13.3. The van der Waals surface area contributed by atoms with Crippen LogP contribution in [0.3, 0.4) is 0 Å². The average molecular weight is 386 g/mol. The summed E-state index contributed by atoms with van der Waals surface area (Å²) in [6, 6.07) is 11.4. The van der Waals surface area contributed by atoms with Crippen LogP contribution in [-0.2, 0) is 17.6 Å². The molecule has 2 amide bonds. The van der Waals surface area contributed by atoms with Crippen molar-refractivity contribution in [1.29, 1.82) is 0 Å². The van der Waals surface area contributed by atoms with E-state index in [9.17, 15) is 18.4 Å². The number of halogens is 2. The van der Waals surface area contributed by atoms with Gasteiger partial charge in [-0.3, -0.25) is 9.59 Å². The third-order valence-electron chi connectivity index (χ3n) is 5.14. The second-order valence-corrected chi connectivity index (χ2v) is 6.97. The highest BCUT2D eigenvalue weighted by molar-refractivity contribution is 5.94. The lowest BCUT2D eigenvalue weighted by atomic mass is 10.1. The van der Waals surface area contributed by atoms with Gasteiger partial charge in [0.15, 0.2) is 11.6 Å². The van der Waals surface area contributed by atoms with Crippen LogP contribution in [-0.4, -0.2) is 47.8 Å². The van der Waals surface area contributed by atoms with Crippen molar-refractivity contribution >= 4 is 11.8 Å². The molecule has 4 nitrogen and oxygen atoms in total. The number of piperazine rings is 1. The number of hydrogen-bond acceptors (Lipinski definition) is 2. The molecule has 1 heterocycles. The fourth-order valence-electron chi connectivity index (χ4n) is 3.32. The summed E-state index contributed by atoms with van der Waals surface area (Å²) in [6.45, 7) is 3.77. The molecule has 2 aromatic carbocycles. The number of hydrogen-bond donors (Lipinski definition) is 0. The van der Waals surface area contributed by atoms with Crippen molar-refractivity contribution in [2.75, 3.05) is 26.2 Å². The molecular formula is C22H24F2N2O2. The van der Waals surface area contributed by atoms with Crippen molar-refractivity contribution in [3.8, 4) is 0 Å². The SMILES string of the molecule is CCc1ccc(CCC(=O)N2CCN(C(=O)c3ccc(F)c(F)c3)CC2)cc1. The predicted octanol–water partition coefficient (Wildman–Crippen LogP) is 3.44. The summed E-state index contributed by atoms with van der Waals surface area (Å²) >= 11 is 0. The van der Waals surface area contributed by atoms with Gasteiger partial charge in [-0.2, -0.15) is 0 Å². The average Bonchev–Trinajstić information content (AvgIpc) is 2.74. The first kappa shape index (κ1) is 20.0. The lowest BCUT2D eigenvalue weighted by Crippen LogP contribution is -2.50. The van der Waals surface area contributed by atoms with Gasteiger partial charge in [0.2, 0.25) is 5.91 Å². The van der Waals surface area contributed by atoms with Crippen LogP contribution in [0.4, 0.5) is 8.78 Å². The van der Waals surface area contributed by atoms with E-state index in [4.69, 9.17) is 0 Å². The molecule has 1 saturated heterocycles. The summed E-state index contributed by atoms with van der Waals surface area (Å²) in [5.74, 6) is -2.29. The number of carbonyl (C=O) groups is 2. The number of rotatable bonds is 5. The van der Waals surface area contributed by atoms with Crippen molar-refractivity contribution in [2.45, 2.75) is 26.2 Å². The highest BCUT2D eigenvalue weighted by Crippen LogP contribution is 2.14. The zero-order valence-electron chi connectivity index (χ0n) is 16.0. The molecule has 0 saturated carbocycles. The van der Waals surface area contributed by atoms with E-state index in [1.165, 1.54) is 11.6 Å². The Hall–Kier alpha value is -2.76. The Morgan fingerprint density at radius 3 is 2.07 bits per heavy atom. The van der Waals surface area contributed by atoms with Crippen LogP contribution in [0.15, 0.2) is 42.5 Å². The Labute approximate surface area is 163 Å². The molecule has 0 bridgehead atoms. The Morgan fingerprint density at radius 1 is 0.857 bits per heavy atom. The number of nitrogens with zero attached hydrogens (tertiary/aromatic N) is 2. The molecule has 1 aliphatic rings. The fraction of sp³-hybridized carbons (Fsp3) is 0.364. The molecule has 0 N–H and O–H groups in total. The van der Waals surface area contributed by atoms with Crippen LogP contribution in [0.1, 0.15) is 34.8 Å². The topological polar surface area (TPSA) is 40.6 Å². The van der Waals surface area contributed by atoms with Crippen LogP contribution in [0.25, 0.3) is 0 Å². The monoisotopic (exact) mass is 386 g/mol. The maximum Gasteiger partial charge on any atom is 0.254 e. The number of amides is 2. The van der Waals surface area contributed by atoms with Gasteiger partial charge < -0.3 is 9.80 Å². The minimum Gasteiger partial charge on any atom is -0.339 e. The second-order valence-electron chi connectivity index (χ2n) is 6.97. The fourth-order valence-corrected chi connectivity index (χ4v) is 3.32. The van der Waals surface area contributed by atoms with E-state index in [0.29, 0.717) is 39.0 Å². The van der Waals surface area contributed by atoms with E-state index in [2.05, 4.69) is 31.2 Å². The van der Waals surface area contributed by atoms with E-state index >= 15 is 0 Å². The largest absolute Gasteiger partial charge is 0.339 e. The minimum atomic E-state index is -1.04. The Bertz CT molecular complexity index is 844. The third-order valence-corrected chi connectivity index (χ3v) is 5.14. The summed E-state index contributed by atoms with van der Waals surface area (Å²) in [5.41, 5.74) is 2.53. The van der Waals surface area contributed by atoms with Gasteiger partial charge in [0, 0.05) is 38.2 Å². The number of benzene rings is 2. The highest BCUT2D eigenvalue weighted by atomic mass is 19.2.